The first-order chi connectivity index (χ1) is 10.8. The van der Waals surface area contributed by atoms with Gasteiger partial charge in [0.2, 0.25) is 15.9 Å². The van der Waals surface area contributed by atoms with Crippen molar-refractivity contribution < 1.29 is 13.2 Å². The Morgan fingerprint density at radius 1 is 1.09 bits per heavy atom. The first-order valence-corrected chi connectivity index (χ1v) is 9.81. The van der Waals surface area contributed by atoms with Gasteiger partial charge in [-0.25, -0.2) is 12.7 Å². The van der Waals surface area contributed by atoms with Gasteiger partial charge in [0.25, 0.3) is 0 Å². The van der Waals surface area contributed by atoms with E-state index in [1.54, 1.807) is 0 Å². The summed E-state index contributed by atoms with van der Waals surface area (Å²) < 4.78 is 24.1. The van der Waals surface area contributed by atoms with Crippen molar-refractivity contribution in [2.24, 2.45) is 5.92 Å². The summed E-state index contributed by atoms with van der Waals surface area (Å²) in [5, 5.41) is 0.711. The predicted octanol–water partition coefficient (Wildman–Crippen LogP) is 0.880. The van der Waals surface area contributed by atoms with Gasteiger partial charge in [-0.05, 0) is 24.3 Å². The summed E-state index contributed by atoms with van der Waals surface area (Å²) in [4.78, 5) is 16.5. The molecule has 2 saturated heterocycles. The number of amides is 1. The lowest BCUT2D eigenvalue weighted by molar-refractivity contribution is -0.139. The zero-order valence-corrected chi connectivity index (χ0v) is 14.6. The van der Waals surface area contributed by atoms with Gasteiger partial charge in [-0.3, -0.25) is 4.79 Å². The fourth-order valence-electron chi connectivity index (χ4n) is 2.96. The number of benzene rings is 1. The van der Waals surface area contributed by atoms with Crippen molar-refractivity contribution in [3.05, 3.63) is 29.3 Å². The number of halogens is 1. The summed E-state index contributed by atoms with van der Waals surface area (Å²) in [7, 11) is -3.17. The van der Waals surface area contributed by atoms with Gasteiger partial charge in [-0.1, -0.05) is 11.6 Å². The van der Waals surface area contributed by atoms with Crippen molar-refractivity contribution >= 4 is 33.2 Å². The van der Waals surface area contributed by atoms with Crippen LogP contribution >= 0.6 is 11.6 Å². The third-order valence-corrected chi connectivity index (χ3v) is 5.94. The molecule has 0 aliphatic carbocycles. The van der Waals surface area contributed by atoms with Crippen LogP contribution in [0.5, 0.6) is 0 Å². The maximum Gasteiger partial charge on any atom is 0.228 e. The quantitative estimate of drug-likeness (QED) is 0.805. The summed E-state index contributed by atoms with van der Waals surface area (Å²) in [6, 6.07) is 7.69. The first kappa shape index (κ1) is 16.5. The summed E-state index contributed by atoms with van der Waals surface area (Å²) in [6.45, 7) is 3.50. The maximum atomic E-state index is 12.4. The summed E-state index contributed by atoms with van der Waals surface area (Å²) in [5.41, 5.74) is 1.10. The Hall–Kier alpha value is -1.31. The lowest BCUT2D eigenvalue weighted by atomic mass is 10.0. The highest BCUT2D eigenvalue weighted by molar-refractivity contribution is 7.88. The average molecular weight is 358 g/mol. The molecule has 1 aromatic rings. The molecule has 2 aliphatic heterocycles. The molecule has 23 heavy (non-hydrogen) atoms. The van der Waals surface area contributed by atoms with Crippen molar-refractivity contribution in [3.63, 3.8) is 0 Å². The molecule has 0 aromatic heterocycles. The van der Waals surface area contributed by atoms with E-state index in [0.717, 1.165) is 18.8 Å². The standard InChI is InChI=1S/C15H20ClN3O3S/c1-23(21,22)19-10-12(11-19)15(20)18-8-6-17(7-9-18)14-4-2-13(16)3-5-14/h2-5,12H,6-11H2,1H3. The van der Waals surface area contributed by atoms with Crippen LogP contribution in [-0.4, -0.2) is 69.1 Å². The second-order valence-corrected chi connectivity index (χ2v) is 8.48. The lowest BCUT2D eigenvalue weighted by Crippen LogP contribution is -2.58. The smallest absolute Gasteiger partial charge is 0.228 e. The molecule has 6 nitrogen and oxygen atoms in total. The fourth-order valence-corrected chi connectivity index (χ4v) is 3.99. The Kier molecular flexibility index (Phi) is 4.53. The molecule has 0 radical (unpaired) electrons. The number of hydrogen-bond acceptors (Lipinski definition) is 4. The van der Waals surface area contributed by atoms with Crippen molar-refractivity contribution in [2.45, 2.75) is 0 Å². The highest BCUT2D eigenvalue weighted by Crippen LogP contribution is 2.23. The zero-order valence-electron chi connectivity index (χ0n) is 13.0. The van der Waals surface area contributed by atoms with Crippen LogP contribution in [0.2, 0.25) is 5.02 Å². The van der Waals surface area contributed by atoms with Crippen molar-refractivity contribution in [1.29, 1.82) is 0 Å². The number of sulfonamides is 1. The van der Waals surface area contributed by atoms with Crippen LogP contribution in [-0.2, 0) is 14.8 Å². The second-order valence-electron chi connectivity index (χ2n) is 6.07. The van der Waals surface area contributed by atoms with E-state index >= 15 is 0 Å². The number of carbonyl (C=O) groups excluding carboxylic acids is 1. The Balaban J connectivity index is 1.51. The maximum absolute atomic E-state index is 12.4. The van der Waals surface area contributed by atoms with Gasteiger partial charge in [-0.15, -0.1) is 0 Å². The van der Waals surface area contributed by atoms with Gasteiger partial charge < -0.3 is 9.80 Å². The Labute approximate surface area is 141 Å². The third kappa shape index (κ3) is 3.62. The highest BCUT2D eigenvalue weighted by atomic mass is 35.5. The number of piperazine rings is 1. The molecule has 0 unspecified atom stereocenters. The van der Waals surface area contributed by atoms with Gasteiger partial charge in [0.05, 0.1) is 12.2 Å². The molecule has 0 bridgehead atoms. The van der Waals surface area contributed by atoms with Gasteiger partial charge >= 0.3 is 0 Å². The molecule has 1 aromatic carbocycles. The Morgan fingerprint density at radius 2 is 1.65 bits per heavy atom. The molecular formula is C15H20ClN3O3S. The molecular weight excluding hydrogens is 338 g/mol. The van der Waals surface area contributed by atoms with Crippen LogP contribution < -0.4 is 4.90 Å². The summed E-state index contributed by atoms with van der Waals surface area (Å²) >= 11 is 5.90. The second kappa shape index (κ2) is 6.30. The minimum absolute atomic E-state index is 0.0701. The van der Waals surface area contributed by atoms with E-state index < -0.39 is 10.0 Å². The molecule has 1 amide bonds. The van der Waals surface area contributed by atoms with E-state index in [-0.39, 0.29) is 11.8 Å². The molecule has 8 heteroatoms. The number of carbonyl (C=O) groups is 1. The monoisotopic (exact) mass is 357 g/mol. The number of anilines is 1. The fraction of sp³-hybridized carbons (Fsp3) is 0.533. The van der Waals surface area contributed by atoms with Gasteiger partial charge in [0.1, 0.15) is 0 Å². The van der Waals surface area contributed by atoms with Crippen LogP contribution in [0.1, 0.15) is 0 Å². The van der Waals surface area contributed by atoms with E-state index in [4.69, 9.17) is 11.6 Å². The minimum Gasteiger partial charge on any atom is -0.368 e. The summed E-state index contributed by atoms with van der Waals surface area (Å²) in [6.07, 6.45) is 1.18. The molecule has 2 aliphatic rings. The number of hydrogen-bond donors (Lipinski definition) is 0. The van der Waals surface area contributed by atoms with Gasteiger partial charge in [0, 0.05) is 50.0 Å². The minimum atomic E-state index is -3.17. The zero-order chi connectivity index (χ0) is 16.6. The topological polar surface area (TPSA) is 60.9 Å². The van der Waals surface area contributed by atoms with Crippen LogP contribution in [0.4, 0.5) is 5.69 Å². The Morgan fingerprint density at radius 3 is 2.17 bits per heavy atom. The lowest BCUT2D eigenvalue weighted by Gasteiger charge is -2.42. The average Bonchev–Trinajstić information content (AvgIpc) is 2.45. The Bertz CT molecular complexity index is 678. The van der Waals surface area contributed by atoms with Crippen LogP contribution in [0.25, 0.3) is 0 Å². The van der Waals surface area contributed by atoms with Crippen LogP contribution in [0, 0.1) is 5.92 Å². The molecule has 0 saturated carbocycles. The van der Waals surface area contributed by atoms with E-state index in [0.29, 0.717) is 31.2 Å². The van der Waals surface area contributed by atoms with Gasteiger partial charge in [-0.2, -0.15) is 0 Å². The van der Waals surface area contributed by atoms with E-state index in [1.165, 1.54) is 10.6 Å². The molecule has 0 N–H and O–H groups in total. The highest BCUT2D eigenvalue weighted by Gasteiger charge is 2.40. The first-order valence-electron chi connectivity index (χ1n) is 7.59. The molecule has 0 spiro atoms. The van der Waals surface area contributed by atoms with Crippen molar-refractivity contribution in [3.8, 4) is 0 Å². The molecule has 126 valence electrons. The predicted molar refractivity (Wildman–Crippen MR) is 90.2 cm³/mol. The van der Waals surface area contributed by atoms with E-state index in [2.05, 4.69) is 4.90 Å². The molecule has 0 atom stereocenters. The SMILES string of the molecule is CS(=O)(=O)N1CC(C(=O)N2CCN(c3ccc(Cl)cc3)CC2)C1. The van der Waals surface area contributed by atoms with E-state index in [1.807, 2.05) is 29.2 Å². The third-order valence-electron chi connectivity index (χ3n) is 4.45. The van der Waals surface area contributed by atoms with Crippen LogP contribution in [0.3, 0.4) is 0 Å². The summed E-state index contributed by atoms with van der Waals surface area (Å²) in [5.74, 6) is -0.118. The normalized spacial score (nSPS) is 20.4. The molecule has 2 heterocycles. The van der Waals surface area contributed by atoms with Crippen molar-refractivity contribution in [1.82, 2.24) is 9.21 Å². The van der Waals surface area contributed by atoms with E-state index in [9.17, 15) is 13.2 Å². The van der Waals surface area contributed by atoms with Crippen molar-refractivity contribution in [2.75, 3.05) is 50.4 Å². The van der Waals surface area contributed by atoms with Crippen LogP contribution in [0.15, 0.2) is 24.3 Å². The largest absolute Gasteiger partial charge is 0.368 e. The molecule has 3 rings (SSSR count). The number of rotatable bonds is 3. The van der Waals surface area contributed by atoms with Gasteiger partial charge in [0.15, 0.2) is 0 Å². The molecule has 2 fully saturated rings. The number of nitrogens with zero attached hydrogens (tertiary/aromatic N) is 3.